The van der Waals surface area contributed by atoms with Crippen LogP contribution < -0.4 is 0 Å². The maximum atomic E-state index is 9.80. The number of oxime groups is 1. The van der Waals surface area contributed by atoms with Crippen LogP contribution in [0.3, 0.4) is 0 Å². The van der Waals surface area contributed by atoms with Gasteiger partial charge < -0.3 is 4.84 Å². The number of nitrogens with zero attached hydrogens (tertiary/aromatic N) is 1. The van der Waals surface area contributed by atoms with Crippen molar-refractivity contribution in [2.45, 2.75) is 26.9 Å². The molecule has 0 heterocycles. The smallest absolute Gasteiger partial charge is 0.245 e. The van der Waals surface area contributed by atoms with Gasteiger partial charge in [-0.15, -0.1) is 0 Å². The molecule has 0 rings (SSSR count). The summed E-state index contributed by atoms with van der Waals surface area (Å²) in [7, 11) is 0. The van der Waals surface area contributed by atoms with Gasteiger partial charge in [0.1, 0.15) is 0 Å². The highest BCUT2D eigenvalue weighted by Crippen LogP contribution is 1.86. The largest absolute Gasteiger partial charge is 0.384 e. The normalized spacial score (nSPS) is 11.9. The summed E-state index contributed by atoms with van der Waals surface area (Å²) in [4.78, 5) is 14.4. The molecule has 0 spiro atoms. The minimum atomic E-state index is -0.556. The molecule has 1 radical (unpaired) electrons. The molecule has 0 aliphatic heterocycles. The summed E-state index contributed by atoms with van der Waals surface area (Å²) < 4.78 is 0. The molecule has 3 nitrogen and oxygen atoms in total. The van der Waals surface area contributed by atoms with E-state index in [0.717, 1.165) is 5.71 Å². The van der Waals surface area contributed by atoms with Gasteiger partial charge in [0, 0.05) is 0 Å². The Kier molecular flexibility index (Phi) is 3.67. The minimum Gasteiger partial charge on any atom is -0.384 e. The molecule has 0 fully saturated rings. The Morgan fingerprint density at radius 3 is 2.56 bits per heavy atom. The van der Waals surface area contributed by atoms with Crippen molar-refractivity contribution in [1.82, 2.24) is 0 Å². The van der Waals surface area contributed by atoms with Gasteiger partial charge in [0.05, 0.1) is 5.71 Å². The fourth-order valence-corrected chi connectivity index (χ4v) is 0.206. The van der Waals surface area contributed by atoms with Crippen LogP contribution in [-0.4, -0.2) is 18.1 Å². The molecule has 1 atom stereocenters. The van der Waals surface area contributed by atoms with Crippen molar-refractivity contribution in [3.63, 3.8) is 0 Å². The summed E-state index contributed by atoms with van der Waals surface area (Å²) in [6.07, 6.45) is 1.09. The molecule has 0 aliphatic rings. The van der Waals surface area contributed by atoms with Crippen LogP contribution in [0.15, 0.2) is 5.16 Å². The Labute approximate surface area is 54.7 Å². The Balaban J connectivity index is 3.49. The third-order valence-corrected chi connectivity index (χ3v) is 0.559. The van der Waals surface area contributed by atoms with Gasteiger partial charge in [0.25, 0.3) is 0 Å². The summed E-state index contributed by atoms with van der Waals surface area (Å²) in [6, 6.07) is 0. The van der Waals surface area contributed by atoms with E-state index < -0.39 is 6.10 Å². The highest BCUT2D eigenvalue weighted by molar-refractivity contribution is 5.78. The van der Waals surface area contributed by atoms with Gasteiger partial charge in [-0.3, -0.25) is 4.79 Å². The highest BCUT2D eigenvalue weighted by atomic mass is 16.6. The van der Waals surface area contributed by atoms with Gasteiger partial charge in [0.15, 0.2) is 6.10 Å². The topological polar surface area (TPSA) is 38.7 Å². The van der Waals surface area contributed by atoms with Gasteiger partial charge >= 0.3 is 0 Å². The second-order valence-corrected chi connectivity index (χ2v) is 1.90. The highest BCUT2D eigenvalue weighted by Gasteiger charge is 1.96. The molecule has 1 unspecified atom stereocenters. The van der Waals surface area contributed by atoms with Crippen molar-refractivity contribution in [3.8, 4) is 0 Å². The van der Waals surface area contributed by atoms with Crippen LogP contribution in [0.1, 0.15) is 20.8 Å². The SMILES string of the molecule is CC(C)=NOC(C)[C]=O. The minimum absolute atomic E-state index is 0.556. The first-order valence-corrected chi connectivity index (χ1v) is 2.71. The third-order valence-electron chi connectivity index (χ3n) is 0.559. The monoisotopic (exact) mass is 128 g/mol. The quantitative estimate of drug-likeness (QED) is 0.418. The lowest BCUT2D eigenvalue weighted by Gasteiger charge is -1.98. The van der Waals surface area contributed by atoms with Crippen LogP contribution in [0.25, 0.3) is 0 Å². The average molecular weight is 128 g/mol. The lowest BCUT2D eigenvalue weighted by atomic mass is 10.5. The van der Waals surface area contributed by atoms with E-state index in [0.29, 0.717) is 0 Å². The number of carbonyl (C=O) groups excluding carboxylic acids is 1. The van der Waals surface area contributed by atoms with Gasteiger partial charge in [-0.1, -0.05) is 5.16 Å². The van der Waals surface area contributed by atoms with Gasteiger partial charge in [-0.05, 0) is 20.8 Å². The van der Waals surface area contributed by atoms with Gasteiger partial charge in [-0.25, -0.2) is 0 Å². The fourth-order valence-electron chi connectivity index (χ4n) is 0.206. The molecule has 0 saturated heterocycles. The van der Waals surface area contributed by atoms with Crippen molar-refractivity contribution < 1.29 is 9.63 Å². The second-order valence-electron chi connectivity index (χ2n) is 1.90. The molecule has 0 amide bonds. The van der Waals surface area contributed by atoms with Crippen molar-refractivity contribution in [2.75, 3.05) is 0 Å². The molecule has 9 heavy (non-hydrogen) atoms. The van der Waals surface area contributed by atoms with E-state index >= 15 is 0 Å². The van der Waals surface area contributed by atoms with E-state index in [1.54, 1.807) is 27.1 Å². The zero-order chi connectivity index (χ0) is 7.28. The maximum Gasteiger partial charge on any atom is 0.245 e. The lowest BCUT2D eigenvalue weighted by Crippen LogP contribution is -2.05. The Hall–Kier alpha value is -0.860. The van der Waals surface area contributed by atoms with Crippen LogP contribution in [0.5, 0.6) is 0 Å². The van der Waals surface area contributed by atoms with Crippen LogP contribution in [-0.2, 0) is 9.63 Å². The summed E-state index contributed by atoms with van der Waals surface area (Å²) in [5, 5.41) is 3.55. The summed E-state index contributed by atoms with van der Waals surface area (Å²) in [5.41, 5.74) is 0.789. The summed E-state index contributed by atoms with van der Waals surface area (Å²) in [5.74, 6) is 0. The van der Waals surface area contributed by atoms with Gasteiger partial charge in [-0.2, -0.15) is 0 Å². The zero-order valence-electron chi connectivity index (χ0n) is 5.84. The Morgan fingerprint density at radius 1 is 1.67 bits per heavy atom. The summed E-state index contributed by atoms with van der Waals surface area (Å²) in [6.45, 7) is 5.16. The average Bonchev–Trinajstić information content (AvgIpc) is 1.83. The fraction of sp³-hybridized carbons (Fsp3) is 0.667. The third kappa shape index (κ3) is 5.00. The van der Waals surface area contributed by atoms with Crippen molar-refractivity contribution in [3.05, 3.63) is 0 Å². The molecule has 0 aromatic carbocycles. The number of hydrogen-bond acceptors (Lipinski definition) is 3. The Morgan fingerprint density at radius 2 is 2.22 bits per heavy atom. The van der Waals surface area contributed by atoms with E-state index in [1.807, 2.05) is 0 Å². The second kappa shape index (κ2) is 4.06. The van der Waals surface area contributed by atoms with Crippen molar-refractivity contribution >= 4 is 12.0 Å². The first-order chi connectivity index (χ1) is 4.16. The van der Waals surface area contributed by atoms with Crippen LogP contribution in [0, 0.1) is 0 Å². The summed E-state index contributed by atoms with van der Waals surface area (Å²) >= 11 is 0. The molecule has 51 valence electrons. The van der Waals surface area contributed by atoms with Crippen molar-refractivity contribution in [1.29, 1.82) is 0 Å². The Bertz CT molecular complexity index is 116. The van der Waals surface area contributed by atoms with Crippen molar-refractivity contribution in [2.24, 2.45) is 5.16 Å². The molecule has 0 bridgehead atoms. The predicted octanol–water partition coefficient (Wildman–Crippen LogP) is 0.897. The molecule has 0 saturated carbocycles. The molecule has 0 aromatic rings. The van der Waals surface area contributed by atoms with Crippen LogP contribution >= 0.6 is 0 Å². The van der Waals surface area contributed by atoms with Crippen LogP contribution in [0.2, 0.25) is 0 Å². The molecule has 0 N–H and O–H groups in total. The molecule has 0 aliphatic carbocycles. The number of hydrogen-bond donors (Lipinski definition) is 0. The molecule has 0 aromatic heterocycles. The number of rotatable bonds is 3. The standard InChI is InChI=1S/C6H10NO2/c1-5(2)7-9-6(3)4-8/h6H,1-3H3. The van der Waals surface area contributed by atoms with E-state index in [1.165, 1.54) is 0 Å². The maximum absolute atomic E-state index is 9.80. The van der Waals surface area contributed by atoms with Gasteiger partial charge in [0.2, 0.25) is 6.29 Å². The zero-order valence-corrected chi connectivity index (χ0v) is 5.84. The predicted molar refractivity (Wildman–Crippen MR) is 35.0 cm³/mol. The van der Waals surface area contributed by atoms with E-state index in [-0.39, 0.29) is 0 Å². The molecular formula is C6H10NO2. The van der Waals surface area contributed by atoms with E-state index in [2.05, 4.69) is 9.99 Å². The molecule has 3 heteroatoms. The van der Waals surface area contributed by atoms with Crippen LogP contribution in [0.4, 0.5) is 0 Å². The van der Waals surface area contributed by atoms with E-state index in [9.17, 15) is 4.79 Å². The van der Waals surface area contributed by atoms with E-state index in [4.69, 9.17) is 0 Å². The lowest BCUT2D eigenvalue weighted by molar-refractivity contribution is 0.116. The first-order valence-electron chi connectivity index (χ1n) is 2.71. The first kappa shape index (κ1) is 8.14. The molecular weight excluding hydrogens is 118 g/mol.